The van der Waals surface area contributed by atoms with Gasteiger partial charge in [-0.1, -0.05) is 17.7 Å². The van der Waals surface area contributed by atoms with Gasteiger partial charge in [-0.05, 0) is 42.5 Å². The van der Waals surface area contributed by atoms with E-state index in [1.165, 1.54) is 49.6 Å². The summed E-state index contributed by atoms with van der Waals surface area (Å²) in [4.78, 5) is 52.5. The molecule has 0 radical (unpaired) electrons. The van der Waals surface area contributed by atoms with Crippen molar-refractivity contribution in [3.63, 3.8) is 0 Å². The summed E-state index contributed by atoms with van der Waals surface area (Å²) in [5, 5.41) is 3.67. The lowest BCUT2D eigenvalue weighted by Gasteiger charge is -2.30. The topological polar surface area (TPSA) is 122 Å². The van der Waals surface area contributed by atoms with Crippen LogP contribution in [0.3, 0.4) is 0 Å². The van der Waals surface area contributed by atoms with E-state index >= 15 is 0 Å². The lowest BCUT2D eigenvalue weighted by Crippen LogP contribution is -2.62. The summed E-state index contributed by atoms with van der Waals surface area (Å²) in [5.74, 6) is -3.42. The molecule has 13 heteroatoms. The van der Waals surface area contributed by atoms with Gasteiger partial charge in [-0.2, -0.15) is 13.2 Å². The molecule has 2 heterocycles. The monoisotopic (exact) mass is 494 g/mol. The maximum Gasteiger partial charge on any atom is 0.425 e. The van der Waals surface area contributed by atoms with Crippen molar-refractivity contribution >= 4 is 29.2 Å². The van der Waals surface area contributed by atoms with Crippen molar-refractivity contribution in [2.75, 3.05) is 12.4 Å². The van der Waals surface area contributed by atoms with Crippen LogP contribution in [0.5, 0.6) is 5.75 Å². The van der Waals surface area contributed by atoms with Crippen LogP contribution in [-0.2, 0) is 10.3 Å². The minimum absolute atomic E-state index is 0.0257. The second-order valence-electron chi connectivity index (χ2n) is 7.18. The number of nitrogens with one attached hydrogen (secondary N) is 3. The number of benzene rings is 2. The summed E-state index contributed by atoms with van der Waals surface area (Å²) >= 11 is 5.81. The molecule has 34 heavy (non-hydrogen) atoms. The Morgan fingerprint density at radius 3 is 2.38 bits per heavy atom. The lowest BCUT2D eigenvalue weighted by atomic mass is 9.91. The van der Waals surface area contributed by atoms with Crippen LogP contribution in [0.2, 0.25) is 5.02 Å². The zero-order valence-electron chi connectivity index (χ0n) is 17.1. The Labute approximate surface area is 193 Å². The molecule has 0 saturated heterocycles. The van der Waals surface area contributed by atoms with Gasteiger partial charge in [-0.3, -0.25) is 19.4 Å². The van der Waals surface area contributed by atoms with Crippen LogP contribution >= 0.6 is 11.6 Å². The third kappa shape index (κ3) is 3.52. The van der Waals surface area contributed by atoms with E-state index in [-0.39, 0.29) is 16.3 Å². The number of methoxy groups -OCH3 is 1. The zero-order valence-corrected chi connectivity index (χ0v) is 17.9. The molecule has 0 fully saturated rings. The average molecular weight is 495 g/mol. The number of aromatic amines is 1. The summed E-state index contributed by atoms with van der Waals surface area (Å²) in [6.45, 7) is 0. The van der Waals surface area contributed by atoms with Crippen molar-refractivity contribution in [3.05, 3.63) is 85.5 Å². The lowest BCUT2D eigenvalue weighted by molar-refractivity contribution is -0.196. The van der Waals surface area contributed by atoms with Crippen molar-refractivity contribution in [1.29, 1.82) is 0 Å². The van der Waals surface area contributed by atoms with Gasteiger partial charge in [0.05, 0.1) is 12.8 Å². The van der Waals surface area contributed by atoms with Crippen LogP contribution < -0.4 is 26.6 Å². The highest BCUT2D eigenvalue weighted by Gasteiger charge is 2.68. The van der Waals surface area contributed by atoms with Crippen LogP contribution in [0, 0.1) is 0 Å². The predicted molar refractivity (Wildman–Crippen MR) is 114 cm³/mol. The molecule has 1 aliphatic heterocycles. The molecule has 3 aromatic rings. The number of rotatable bonds is 4. The number of nitrogens with zero attached hydrogens (tertiary/aromatic N) is 1. The highest BCUT2D eigenvalue weighted by Crippen LogP contribution is 2.45. The quantitative estimate of drug-likeness (QED) is 0.514. The predicted octanol–water partition coefficient (Wildman–Crippen LogP) is 2.33. The standard InChI is InChI=1S/C21H14ClF3N4O5/c1-34-13-7-5-12(6-8-13)29-15-14(17(31)27-19(29)33)20(18(32)26-15,21(23,24)25)28-16(30)10-3-2-4-11(22)9-10/h2-9H,1H3,(H,26,32)(H,28,30)(H,27,31,33)/t20-/m0/s1. The number of fused-ring (bicyclic) bond motifs is 1. The van der Waals surface area contributed by atoms with Crippen molar-refractivity contribution in [2.24, 2.45) is 0 Å². The fourth-order valence-electron chi connectivity index (χ4n) is 3.63. The first-order chi connectivity index (χ1) is 16.0. The number of halogens is 4. The fourth-order valence-corrected chi connectivity index (χ4v) is 3.82. The molecular formula is C21H14ClF3N4O5. The maximum atomic E-state index is 14.5. The van der Waals surface area contributed by atoms with Crippen LogP contribution in [-0.4, -0.2) is 34.7 Å². The van der Waals surface area contributed by atoms with E-state index in [0.717, 1.165) is 6.07 Å². The highest BCUT2D eigenvalue weighted by atomic mass is 35.5. The first kappa shape index (κ1) is 23.1. The third-order valence-corrected chi connectivity index (χ3v) is 5.44. The van der Waals surface area contributed by atoms with Crippen LogP contribution in [0.4, 0.5) is 19.0 Å². The minimum atomic E-state index is -5.47. The van der Waals surface area contributed by atoms with Gasteiger partial charge in [-0.15, -0.1) is 0 Å². The first-order valence-electron chi connectivity index (χ1n) is 9.50. The number of hydrogen-bond acceptors (Lipinski definition) is 5. The molecule has 1 aliphatic rings. The number of carbonyl (C=O) groups excluding carboxylic acids is 2. The molecule has 0 aliphatic carbocycles. The summed E-state index contributed by atoms with van der Waals surface area (Å²) < 4.78 is 49.1. The Kier molecular flexibility index (Phi) is 5.48. The van der Waals surface area contributed by atoms with Crippen LogP contribution in [0.25, 0.3) is 5.69 Å². The van der Waals surface area contributed by atoms with Gasteiger partial charge in [0.15, 0.2) is 0 Å². The molecule has 0 bridgehead atoms. The van der Waals surface area contributed by atoms with Gasteiger partial charge in [0.2, 0.25) is 0 Å². The van der Waals surface area contributed by atoms with Crippen LogP contribution in [0.1, 0.15) is 15.9 Å². The molecule has 2 aromatic carbocycles. The number of ether oxygens (including phenoxy) is 1. The van der Waals surface area contributed by atoms with E-state index < -0.39 is 46.2 Å². The van der Waals surface area contributed by atoms with Crippen molar-refractivity contribution in [2.45, 2.75) is 11.7 Å². The second kappa shape index (κ2) is 8.06. The van der Waals surface area contributed by atoms with Gasteiger partial charge < -0.3 is 15.4 Å². The molecule has 2 amide bonds. The first-order valence-corrected chi connectivity index (χ1v) is 9.88. The number of amides is 2. The highest BCUT2D eigenvalue weighted by molar-refractivity contribution is 6.31. The molecule has 1 aromatic heterocycles. The van der Waals surface area contributed by atoms with Gasteiger partial charge in [-0.25, -0.2) is 9.36 Å². The maximum absolute atomic E-state index is 14.5. The average Bonchev–Trinajstić information content (AvgIpc) is 3.07. The van der Waals surface area contributed by atoms with Crippen molar-refractivity contribution in [3.8, 4) is 11.4 Å². The molecule has 3 N–H and O–H groups in total. The molecular weight excluding hydrogens is 481 g/mol. The smallest absolute Gasteiger partial charge is 0.425 e. The molecule has 4 rings (SSSR count). The van der Waals surface area contributed by atoms with E-state index in [0.29, 0.717) is 10.3 Å². The number of H-pyrrole nitrogens is 1. The van der Waals surface area contributed by atoms with Crippen molar-refractivity contribution in [1.82, 2.24) is 14.9 Å². The van der Waals surface area contributed by atoms with Gasteiger partial charge in [0.25, 0.3) is 22.9 Å². The normalized spacial score (nSPS) is 17.1. The number of hydrogen-bond donors (Lipinski definition) is 3. The number of aromatic nitrogens is 2. The molecule has 9 nitrogen and oxygen atoms in total. The summed E-state index contributed by atoms with van der Waals surface area (Å²) in [7, 11) is 1.39. The van der Waals surface area contributed by atoms with Crippen molar-refractivity contribution < 1.29 is 27.5 Å². The van der Waals surface area contributed by atoms with Gasteiger partial charge in [0, 0.05) is 10.6 Å². The number of alkyl halides is 3. The van der Waals surface area contributed by atoms with E-state index in [9.17, 15) is 32.3 Å². The largest absolute Gasteiger partial charge is 0.497 e. The Balaban J connectivity index is 1.95. The Morgan fingerprint density at radius 2 is 1.79 bits per heavy atom. The number of carbonyl (C=O) groups is 2. The molecule has 1 atom stereocenters. The Hall–Kier alpha value is -4.06. The second-order valence-corrected chi connectivity index (χ2v) is 7.62. The summed E-state index contributed by atoms with van der Waals surface area (Å²) in [6, 6.07) is 10.5. The SMILES string of the molecule is COc1ccc(-n2c3c(c(=O)[nH]c2=O)[C@@](NC(=O)c2cccc(Cl)c2)(C(F)(F)F)C(=O)N3)cc1. The zero-order chi connectivity index (χ0) is 24.8. The Morgan fingerprint density at radius 1 is 1.12 bits per heavy atom. The van der Waals surface area contributed by atoms with Gasteiger partial charge in [0.1, 0.15) is 17.1 Å². The van der Waals surface area contributed by atoms with Crippen LogP contribution in [0.15, 0.2) is 58.1 Å². The fraction of sp³-hybridized carbons (Fsp3) is 0.143. The molecule has 176 valence electrons. The van der Waals surface area contributed by atoms with Gasteiger partial charge >= 0.3 is 11.9 Å². The number of anilines is 1. The van der Waals surface area contributed by atoms with E-state index in [1.807, 2.05) is 5.32 Å². The minimum Gasteiger partial charge on any atom is -0.497 e. The van der Waals surface area contributed by atoms with E-state index in [1.54, 1.807) is 10.3 Å². The molecule has 0 spiro atoms. The Bertz CT molecular complexity index is 1430. The van der Waals surface area contributed by atoms with E-state index in [4.69, 9.17) is 16.3 Å². The molecule has 0 unspecified atom stereocenters. The van der Waals surface area contributed by atoms with E-state index in [2.05, 4.69) is 0 Å². The third-order valence-electron chi connectivity index (χ3n) is 5.20. The summed E-state index contributed by atoms with van der Waals surface area (Å²) in [6.07, 6.45) is -5.47. The molecule has 0 saturated carbocycles. The summed E-state index contributed by atoms with van der Waals surface area (Å²) in [5.41, 5.74) is -7.82.